The second-order valence-electron chi connectivity index (χ2n) is 19.5. The molecule has 3 N–H and O–H groups in total. The summed E-state index contributed by atoms with van der Waals surface area (Å²) in [6.07, 6.45) is 15.2. The van der Waals surface area contributed by atoms with Crippen LogP contribution in [0.25, 0.3) is 0 Å². The average molecular weight is 673 g/mol. The molecule has 5 aliphatic carbocycles. The number of ether oxygens (including phenoxy) is 3. The van der Waals surface area contributed by atoms with Crippen molar-refractivity contribution in [3.8, 4) is 0 Å². The van der Waals surface area contributed by atoms with Gasteiger partial charge in [0.15, 0.2) is 6.29 Å². The van der Waals surface area contributed by atoms with E-state index in [1.807, 2.05) is 6.92 Å². The number of hydrogen-bond donors (Lipinski definition) is 3. The summed E-state index contributed by atoms with van der Waals surface area (Å²) >= 11 is 0. The lowest BCUT2D eigenvalue weighted by molar-refractivity contribution is -0.246. The van der Waals surface area contributed by atoms with Gasteiger partial charge in [0, 0.05) is 23.2 Å². The molecule has 0 aromatic carbocycles. The Morgan fingerprint density at radius 1 is 0.938 bits per heavy atom. The second kappa shape index (κ2) is 12.2. The minimum absolute atomic E-state index is 0.0229. The van der Waals surface area contributed by atoms with Crippen LogP contribution in [0.1, 0.15) is 151 Å². The van der Waals surface area contributed by atoms with Gasteiger partial charge < -0.3 is 29.5 Å². The molecular weight excluding hydrogens is 604 g/mol. The van der Waals surface area contributed by atoms with Gasteiger partial charge in [-0.05, 0) is 111 Å². The number of rotatable bonds is 12. The number of carbonyl (C=O) groups excluding carboxylic acids is 1. The Hall–Kier alpha value is -0.730. The number of hydrogen-bond acceptors (Lipinski definition) is 7. The van der Waals surface area contributed by atoms with Gasteiger partial charge in [-0.25, -0.2) is 0 Å². The highest BCUT2D eigenvalue weighted by Crippen LogP contribution is 2.91. The van der Waals surface area contributed by atoms with Crippen LogP contribution >= 0.6 is 0 Å². The lowest BCUT2D eigenvalue weighted by Crippen LogP contribution is -2.66. The number of fused-ring (bicyclic) bond motifs is 3. The van der Waals surface area contributed by atoms with E-state index in [-0.39, 0.29) is 70.0 Å². The molecule has 2 aliphatic heterocycles. The van der Waals surface area contributed by atoms with Crippen molar-refractivity contribution in [2.75, 3.05) is 6.61 Å². The van der Waals surface area contributed by atoms with E-state index < -0.39 is 11.9 Å². The predicted octanol–water partition coefficient (Wildman–Crippen LogP) is 7.57. The van der Waals surface area contributed by atoms with Gasteiger partial charge in [0.2, 0.25) is 0 Å². The maximum atomic E-state index is 13.1. The summed E-state index contributed by atoms with van der Waals surface area (Å²) in [7, 11) is 0. The Balaban J connectivity index is 1.01. The largest absolute Gasteiger partial charge is 0.462 e. The molecule has 48 heavy (non-hydrogen) atoms. The molecule has 0 radical (unpaired) electrons. The van der Waals surface area contributed by atoms with Gasteiger partial charge >= 0.3 is 5.97 Å². The number of esters is 1. The number of epoxide rings is 1. The summed E-state index contributed by atoms with van der Waals surface area (Å²) in [6.45, 7) is 16.1. The fraction of sp³-hybridized carbons (Fsp3) is 0.976. The van der Waals surface area contributed by atoms with Crippen molar-refractivity contribution in [2.45, 2.75) is 188 Å². The summed E-state index contributed by atoms with van der Waals surface area (Å²) in [4.78, 5) is 13.1. The van der Waals surface area contributed by atoms with Crippen LogP contribution in [0.4, 0.5) is 0 Å². The maximum absolute atomic E-state index is 13.1. The second-order valence-corrected chi connectivity index (χ2v) is 19.5. The van der Waals surface area contributed by atoms with Crippen molar-refractivity contribution in [3.63, 3.8) is 0 Å². The molecular formula is C41H68O7. The minimum atomic E-state index is -0.782. The van der Waals surface area contributed by atoms with Crippen LogP contribution in [0.3, 0.4) is 0 Å². The normalized spacial score (nSPS) is 52.1. The molecule has 7 heteroatoms. The van der Waals surface area contributed by atoms with Crippen molar-refractivity contribution >= 4 is 5.97 Å². The molecule has 7 nitrogen and oxygen atoms in total. The highest BCUT2D eigenvalue weighted by molar-refractivity contribution is 5.69. The molecule has 0 spiro atoms. The monoisotopic (exact) mass is 672 g/mol. The number of carbonyl (C=O) groups is 1. The Kier molecular flexibility index (Phi) is 9.04. The first-order chi connectivity index (χ1) is 22.6. The van der Waals surface area contributed by atoms with E-state index >= 15 is 0 Å². The van der Waals surface area contributed by atoms with E-state index in [1.165, 1.54) is 38.5 Å². The first kappa shape index (κ1) is 35.7. The first-order valence-corrected chi connectivity index (χ1v) is 20.1. The van der Waals surface area contributed by atoms with E-state index in [0.29, 0.717) is 24.2 Å². The topological polar surface area (TPSA) is 109 Å². The minimum Gasteiger partial charge on any atom is -0.462 e. The highest BCUT2D eigenvalue weighted by atomic mass is 16.7. The average Bonchev–Trinajstić information content (AvgIpc) is 3.83. The summed E-state index contributed by atoms with van der Waals surface area (Å²) in [5.74, 6) is 1.98. The van der Waals surface area contributed by atoms with Crippen LogP contribution < -0.4 is 0 Å². The van der Waals surface area contributed by atoms with Crippen LogP contribution in [0.15, 0.2) is 0 Å². The summed E-state index contributed by atoms with van der Waals surface area (Å²) in [6, 6.07) is 0. The van der Waals surface area contributed by atoms with Crippen LogP contribution in [0, 0.1) is 56.7 Å². The van der Waals surface area contributed by atoms with Crippen molar-refractivity contribution in [1.29, 1.82) is 0 Å². The summed E-state index contributed by atoms with van der Waals surface area (Å²) in [5.41, 5.74) is -0.499. The molecule has 0 amide bonds. The molecule has 0 bridgehead atoms. The molecule has 7 fully saturated rings. The van der Waals surface area contributed by atoms with Crippen molar-refractivity contribution in [1.82, 2.24) is 0 Å². The van der Waals surface area contributed by atoms with Crippen molar-refractivity contribution < 1.29 is 34.3 Å². The lowest BCUT2D eigenvalue weighted by Gasteiger charge is -2.68. The standard InChI is InChI=1S/C41H68O7/c1-8-25(2)13-11-9-10-12-14-33(44)47-32-17-18-37(5)29-16-19-40-23-41(40,39(29,7)31(43)22-30(37)36(32,3)4)20-15-27(40)26-21-28(46-35(26)45)34-38(6,24-42)48-34/h25-32,34-35,42-43,45H,8-24H2,1-7H3/t25?,26-,27-,28+,29+,30-,31+,32+,34-,35?,37+,38+,39-,40+,41+/m0/s1. The molecule has 15 atom stereocenters. The number of aliphatic hydroxyl groups is 3. The van der Waals surface area contributed by atoms with Gasteiger partial charge in [0.1, 0.15) is 17.8 Å². The SMILES string of the molecule is CCC(C)CCCCCCC(=O)O[C@@H]1CC[C@]2(C)[C@H]3CC[C@]45C[C@]4(CC[C@H]5[C@@H]4C[C@H]([C@@H]5O[C@]5(C)CO)OC4O)[C@]3(C)[C@H](O)C[C@H]2C1(C)C. The summed E-state index contributed by atoms with van der Waals surface area (Å²) in [5, 5.41) is 33.4. The summed E-state index contributed by atoms with van der Waals surface area (Å²) < 4.78 is 18.3. The molecule has 7 aliphatic rings. The molecule has 2 saturated heterocycles. The third kappa shape index (κ3) is 5.07. The van der Waals surface area contributed by atoms with Gasteiger partial charge in [-0.3, -0.25) is 4.79 Å². The predicted molar refractivity (Wildman–Crippen MR) is 185 cm³/mol. The maximum Gasteiger partial charge on any atom is 0.306 e. The van der Waals surface area contributed by atoms with E-state index in [4.69, 9.17) is 14.2 Å². The molecule has 274 valence electrons. The van der Waals surface area contributed by atoms with Crippen LogP contribution in [0.2, 0.25) is 0 Å². The third-order valence-electron chi connectivity index (χ3n) is 17.2. The molecule has 0 aromatic heterocycles. The van der Waals surface area contributed by atoms with E-state index in [0.717, 1.165) is 63.7 Å². The van der Waals surface area contributed by atoms with Crippen LogP contribution in [0.5, 0.6) is 0 Å². The van der Waals surface area contributed by atoms with Crippen LogP contribution in [-0.2, 0) is 19.0 Å². The molecule has 7 rings (SSSR count). The Morgan fingerprint density at radius 3 is 2.40 bits per heavy atom. The van der Waals surface area contributed by atoms with Gasteiger partial charge in [-0.1, -0.05) is 73.6 Å². The van der Waals surface area contributed by atoms with Gasteiger partial charge in [0.25, 0.3) is 0 Å². The molecule has 5 saturated carbocycles. The molecule has 2 heterocycles. The van der Waals surface area contributed by atoms with Gasteiger partial charge in [0.05, 0.1) is 18.8 Å². The van der Waals surface area contributed by atoms with Gasteiger partial charge in [-0.15, -0.1) is 0 Å². The van der Waals surface area contributed by atoms with E-state index in [1.54, 1.807) is 0 Å². The zero-order chi connectivity index (χ0) is 34.5. The Morgan fingerprint density at radius 2 is 1.69 bits per heavy atom. The zero-order valence-corrected chi connectivity index (χ0v) is 31.3. The smallest absolute Gasteiger partial charge is 0.306 e. The Bertz CT molecular complexity index is 1220. The van der Waals surface area contributed by atoms with Gasteiger partial charge in [-0.2, -0.15) is 0 Å². The van der Waals surface area contributed by atoms with Crippen molar-refractivity contribution in [3.05, 3.63) is 0 Å². The molecule has 2 unspecified atom stereocenters. The van der Waals surface area contributed by atoms with E-state index in [2.05, 4.69) is 41.5 Å². The zero-order valence-electron chi connectivity index (χ0n) is 31.3. The number of aliphatic hydroxyl groups excluding tert-OH is 3. The lowest BCUT2D eigenvalue weighted by atomic mass is 9.37. The first-order valence-electron chi connectivity index (χ1n) is 20.1. The molecule has 0 aromatic rings. The fourth-order valence-electron chi connectivity index (χ4n) is 14.1. The third-order valence-corrected chi connectivity index (χ3v) is 17.2. The number of unbranched alkanes of at least 4 members (excludes halogenated alkanes) is 3. The Labute approximate surface area is 290 Å². The van der Waals surface area contributed by atoms with Crippen LogP contribution in [-0.4, -0.2) is 64.2 Å². The highest BCUT2D eigenvalue weighted by Gasteiger charge is 2.86. The van der Waals surface area contributed by atoms with Crippen molar-refractivity contribution in [2.24, 2.45) is 56.7 Å². The fourth-order valence-corrected chi connectivity index (χ4v) is 14.1. The van der Waals surface area contributed by atoms with E-state index in [9.17, 15) is 20.1 Å². The quantitative estimate of drug-likeness (QED) is 0.112.